The molecule has 2 heterocycles. The van der Waals surface area contributed by atoms with Gasteiger partial charge in [0, 0.05) is 24.3 Å². The lowest BCUT2D eigenvalue weighted by Gasteiger charge is -2.26. The number of benzene rings is 2. The van der Waals surface area contributed by atoms with E-state index in [9.17, 15) is 4.79 Å². The van der Waals surface area contributed by atoms with Crippen molar-refractivity contribution in [2.75, 3.05) is 32.1 Å². The molecule has 1 aliphatic heterocycles. The topological polar surface area (TPSA) is 60.3 Å². The molecule has 1 aromatic heterocycles. The van der Waals surface area contributed by atoms with Gasteiger partial charge in [0.2, 0.25) is 5.91 Å². The van der Waals surface area contributed by atoms with Crippen LogP contribution < -0.4 is 0 Å². The molecule has 1 saturated heterocycles. The highest BCUT2D eigenvalue weighted by atomic mass is 35.5. The van der Waals surface area contributed by atoms with Crippen molar-refractivity contribution < 1.29 is 9.53 Å². The van der Waals surface area contributed by atoms with E-state index in [-0.39, 0.29) is 5.91 Å². The van der Waals surface area contributed by atoms with Crippen LogP contribution in [0.25, 0.3) is 17.1 Å². The summed E-state index contributed by atoms with van der Waals surface area (Å²) < 4.78 is 7.27. The number of morpholine rings is 1. The summed E-state index contributed by atoms with van der Waals surface area (Å²) in [5, 5.41) is 10.1. The lowest BCUT2D eigenvalue weighted by Crippen LogP contribution is -2.41. The molecule has 0 N–H and O–H groups in total. The van der Waals surface area contributed by atoms with Crippen LogP contribution in [0.1, 0.15) is 5.56 Å². The highest BCUT2D eigenvalue weighted by Crippen LogP contribution is 2.32. The highest BCUT2D eigenvalue weighted by molar-refractivity contribution is 7.99. The molecule has 2 aromatic carbocycles. The van der Waals surface area contributed by atoms with E-state index in [0.29, 0.717) is 48.1 Å². The van der Waals surface area contributed by atoms with Gasteiger partial charge in [-0.3, -0.25) is 9.36 Å². The summed E-state index contributed by atoms with van der Waals surface area (Å²) in [5.41, 5.74) is 2.81. The number of hydrogen-bond donors (Lipinski definition) is 0. The van der Waals surface area contributed by atoms with E-state index in [1.54, 1.807) is 0 Å². The van der Waals surface area contributed by atoms with Crippen molar-refractivity contribution in [1.82, 2.24) is 19.7 Å². The molecule has 4 rings (SSSR count). The first-order valence-electron chi connectivity index (χ1n) is 9.39. The van der Waals surface area contributed by atoms with Gasteiger partial charge in [-0.25, -0.2) is 0 Å². The van der Waals surface area contributed by atoms with Crippen LogP contribution in [-0.4, -0.2) is 57.6 Å². The molecule has 0 radical (unpaired) electrons. The lowest BCUT2D eigenvalue weighted by atomic mass is 10.1. The van der Waals surface area contributed by atoms with Crippen LogP contribution in [-0.2, 0) is 9.53 Å². The predicted octanol–water partition coefficient (Wildman–Crippen LogP) is 3.85. The van der Waals surface area contributed by atoms with Crippen molar-refractivity contribution in [3.05, 3.63) is 59.1 Å². The number of nitrogens with zero attached hydrogens (tertiary/aromatic N) is 4. The second kappa shape index (κ2) is 8.98. The Hall–Kier alpha value is -2.35. The maximum absolute atomic E-state index is 12.6. The average Bonchev–Trinajstić information content (AvgIpc) is 3.17. The standard InChI is InChI=1S/C21H21ClN4O2S/c1-15-7-8-17(18(22)13-15)20-23-24-21(26(20)16-5-3-2-4-6-16)29-14-19(27)25-9-11-28-12-10-25/h2-8,13H,9-12,14H2,1H3. The van der Waals surface area contributed by atoms with Gasteiger partial charge in [-0.2, -0.15) is 0 Å². The van der Waals surface area contributed by atoms with E-state index in [1.165, 1.54) is 11.8 Å². The summed E-state index contributed by atoms with van der Waals surface area (Å²) in [6.45, 7) is 4.44. The predicted molar refractivity (Wildman–Crippen MR) is 115 cm³/mol. The van der Waals surface area contributed by atoms with E-state index in [1.807, 2.05) is 64.9 Å². The third kappa shape index (κ3) is 4.47. The molecule has 0 saturated carbocycles. The maximum Gasteiger partial charge on any atom is 0.233 e. The fourth-order valence-electron chi connectivity index (χ4n) is 3.18. The Morgan fingerprint density at radius 3 is 2.62 bits per heavy atom. The van der Waals surface area contributed by atoms with Crippen molar-refractivity contribution in [1.29, 1.82) is 0 Å². The number of halogens is 1. The summed E-state index contributed by atoms with van der Waals surface area (Å²) in [6.07, 6.45) is 0. The van der Waals surface area contributed by atoms with Gasteiger partial charge in [-0.1, -0.05) is 47.6 Å². The molecular weight excluding hydrogens is 408 g/mol. The molecule has 29 heavy (non-hydrogen) atoms. The number of carbonyl (C=O) groups excluding carboxylic acids is 1. The number of thioether (sulfide) groups is 1. The molecule has 0 atom stereocenters. The molecule has 8 heteroatoms. The molecule has 1 amide bonds. The number of ether oxygens (including phenoxy) is 1. The summed E-state index contributed by atoms with van der Waals surface area (Å²) in [5.74, 6) is 1.03. The van der Waals surface area contributed by atoms with Crippen molar-refractivity contribution >= 4 is 29.3 Å². The average molecular weight is 429 g/mol. The first-order valence-corrected chi connectivity index (χ1v) is 10.8. The zero-order valence-corrected chi connectivity index (χ0v) is 17.6. The molecule has 6 nitrogen and oxygen atoms in total. The third-order valence-electron chi connectivity index (χ3n) is 4.70. The normalized spacial score (nSPS) is 14.2. The second-order valence-corrected chi connectivity index (χ2v) is 8.09. The van der Waals surface area contributed by atoms with Gasteiger partial charge >= 0.3 is 0 Å². The first kappa shape index (κ1) is 19.9. The number of aromatic nitrogens is 3. The minimum Gasteiger partial charge on any atom is -0.378 e. The fraction of sp³-hybridized carbons (Fsp3) is 0.286. The van der Waals surface area contributed by atoms with Crippen LogP contribution in [0.3, 0.4) is 0 Å². The Morgan fingerprint density at radius 1 is 1.14 bits per heavy atom. The van der Waals surface area contributed by atoms with Crippen molar-refractivity contribution in [3.63, 3.8) is 0 Å². The van der Waals surface area contributed by atoms with Crippen LogP contribution in [0.5, 0.6) is 0 Å². The first-order chi connectivity index (χ1) is 14.1. The highest BCUT2D eigenvalue weighted by Gasteiger charge is 2.21. The van der Waals surface area contributed by atoms with E-state index in [0.717, 1.165) is 16.8 Å². The van der Waals surface area contributed by atoms with Gasteiger partial charge in [0.05, 0.1) is 24.0 Å². The van der Waals surface area contributed by atoms with Gasteiger partial charge in [0.15, 0.2) is 11.0 Å². The third-order valence-corrected chi connectivity index (χ3v) is 5.93. The second-order valence-electron chi connectivity index (χ2n) is 6.74. The molecule has 1 fully saturated rings. The SMILES string of the molecule is Cc1ccc(-c2nnc(SCC(=O)N3CCOCC3)n2-c2ccccc2)c(Cl)c1. The van der Waals surface area contributed by atoms with Crippen LogP contribution in [0, 0.1) is 6.92 Å². The maximum atomic E-state index is 12.6. The number of carbonyl (C=O) groups is 1. The van der Waals surface area contributed by atoms with Gasteiger partial charge in [-0.05, 0) is 36.8 Å². The van der Waals surface area contributed by atoms with E-state index >= 15 is 0 Å². The summed E-state index contributed by atoms with van der Waals surface area (Å²) >= 11 is 7.88. The van der Waals surface area contributed by atoms with Crippen molar-refractivity contribution in [2.24, 2.45) is 0 Å². The number of hydrogen-bond acceptors (Lipinski definition) is 5. The monoisotopic (exact) mass is 428 g/mol. The van der Waals surface area contributed by atoms with Crippen molar-refractivity contribution in [3.8, 4) is 17.1 Å². The lowest BCUT2D eigenvalue weighted by molar-refractivity contribution is -0.132. The minimum atomic E-state index is 0.0795. The van der Waals surface area contributed by atoms with Gasteiger partial charge in [0.1, 0.15) is 0 Å². The van der Waals surface area contributed by atoms with Crippen LogP contribution in [0.4, 0.5) is 0 Å². The fourth-order valence-corrected chi connectivity index (χ4v) is 4.35. The van der Waals surface area contributed by atoms with Gasteiger partial charge in [0.25, 0.3) is 0 Å². The zero-order valence-electron chi connectivity index (χ0n) is 16.0. The largest absolute Gasteiger partial charge is 0.378 e. The Morgan fingerprint density at radius 2 is 1.90 bits per heavy atom. The molecule has 150 valence electrons. The minimum absolute atomic E-state index is 0.0795. The Labute approximate surface area is 178 Å². The Balaban J connectivity index is 1.65. The quantitative estimate of drug-likeness (QED) is 0.578. The smallest absolute Gasteiger partial charge is 0.233 e. The number of amides is 1. The summed E-state index contributed by atoms with van der Waals surface area (Å²) in [7, 11) is 0. The molecular formula is C21H21ClN4O2S. The number of rotatable bonds is 5. The van der Waals surface area contributed by atoms with Gasteiger partial charge < -0.3 is 9.64 Å². The Kier molecular flexibility index (Phi) is 6.18. The van der Waals surface area contributed by atoms with E-state index < -0.39 is 0 Å². The van der Waals surface area contributed by atoms with Crippen molar-refractivity contribution in [2.45, 2.75) is 12.1 Å². The zero-order chi connectivity index (χ0) is 20.2. The molecule has 0 unspecified atom stereocenters. The number of aryl methyl sites for hydroxylation is 1. The Bertz CT molecular complexity index is 1000. The number of para-hydroxylation sites is 1. The van der Waals surface area contributed by atoms with Crippen LogP contribution >= 0.6 is 23.4 Å². The molecule has 3 aromatic rings. The van der Waals surface area contributed by atoms with E-state index in [4.69, 9.17) is 16.3 Å². The molecule has 0 bridgehead atoms. The van der Waals surface area contributed by atoms with Gasteiger partial charge in [-0.15, -0.1) is 10.2 Å². The molecule has 0 spiro atoms. The molecule has 0 aliphatic carbocycles. The molecule has 1 aliphatic rings. The summed E-state index contributed by atoms with van der Waals surface area (Å²) in [6, 6.07) is 15.7. The van der Waals surface area contributed by atoms with Crippen LogP contribution in [0.2, 0.25) is 5.02 Å². The summed E-state index contributed by atoms with van der Waals surface area (Å²) in [4.78, 5) is 14.4. The van der Waals surface area contributed by atoms with E-state index in [2.05, 4.69) is 10.2 Å². The van der Waals surface area contributed by atoms with Crippen LogP contribution in [0.15, 0.2) is 53.7 Å².